The molecular formula is C19H20N2O2S2. The van der Waals surface area contributed by atoms with Crippen molar-refractivity contribution in [2.45, 2.75) is 45.4 Å². The molecule has 2 N–H and O–H groups in total. The van der Waals surface area contributed by atoms with Crippen molar-refractivity contribution in [3.8, 4) is 11.4 Å². The Labute approximate surface area is 154 Å². The number of benzene rings is 1. The van der Waals surface area contributed by atoms with Gasteiger partial charge in [-0.15, -0.1) is 11.3 Å². The first kappa shape index (κ1) is 16.5. The minimum absolute atomic E-state index is 0.0599. The number of aromatic amines is 1. The van der Waals surface area contributed by atoms with Crippen LogP contribution >= 0.6 is 23.6 Å². The van der Waals surface area contributed by atoms with Crippen molar-refractivity contribution in [1.29, 1.82) is 0 Å². The maximum absolute atomic E-state index is 13.3. The summed E-state index contributed by atoms with van der Waals surface area (Å²) in [6, 6.07) is 5.21. The predicted octanol–water partition coefficient (Wildman–Crippen LogP) is 4.78. The van der Waals surface area contributed by atoms with Gasteiger partial charge in [0, 0.05) is 4.88 Å². The van der Waals surface area contributed by atoms with E-state index in [1.165, 1.54) is 34.3 Å². The molecule has 0 atom stereocenters. The fraction of sp³-hybridized carbons (Fsp3) is 0.368. The van der Waals surface area contributed by atoms with Gasteiger partial charge in [0.2, 0.25) is 0 Å². The number of thiophene rings is 1. The van der Waals surface area contributed by atoms with Crippen molar-refractivity contribution in [2.75, 3.05) is 0 Å². The zero-order chi connectivity index (χ0) is 17.6. The molecule has 0 bridgehead atoms. The van der Waals surface area contributed by atoms with Crippen molar-refractivity contribution < 1.29 is 5.11 Å². The third kappa shape index (κ3) is 2.83. The van der Waals surface area contributed by atoms with Gasteiger partial charge in [0.1, 0.15) is 10.6 Å². The van der Waals surface area contributed by atoms with E-state index < -0.39 is 0 Å². The molecule has 4 nitrogen and oxygen atoms in total. The molecule has 0 saturated heterocycles. The smallest absolute Gasteiger partial charge is 0.268 e. The number of H-pyrrole nitrogens is 1. The molecule has 0 spiro atoms. The van der Waals surface area contributed by atoms with Crippen molar-refractivity contribution in [2.24, 2.45) is 0 Å². The lowest BCUT2D eigenvalue weighted by Gasteiger charge is -2.11. The molecule has 1 aromatic carbocycles. The number of aromatic hydroxyl groups is 1. The Hall–Kier alpha value is -1.92. The summed E-state index contributed by atoms with van der Waals surface area (Å²) in [4.78, 5) is 18.7. The molecule has 25 heavy (non-hydrogen) atoms. The van der Waals surface area contributed by atoms with Gasteiger partial charge >= 0.3 is 0 Å². The van der Waals surface area contributed by atoms with Gasteiger partial charge in [-0.3, -0.25) is 4.79 Å². The van der Waals surface area contributed by atoms with Gasteiger partial charge in [0.05, 0.1) is 11.1 Å². The molecule has 0 aliphatic heterocycles. The van der Waals surface area contributed by atoms with Gasteiger partial charge in [-0.2, -0.15) is 0 Å². The monoisotopic (exact) mass is 372 g/mol. The lowest BCUT2D eigenvalue weighted by molar-refractivity contribution is 0.471. The van der Waals surface area contributed by atoms with Gasteiger partial charge in [0.15, 0.2) is 4.77 Å². The first-order valence-corrected chi connectivity index (χ1v) is 9.88. The van der Waals surface area contributed by atoms with E-state index in [0.717, 1.165) is 35.0 Å². The lowest BCUT2D eigenvalue weighted by Crippen LogP contribution is -2.21. The lowest BCUT2D eigenvalue weighted by atomic mass is 9.98. The van der Waals surface area contributed by atoms with Gasteiger partial charge in [-0.1, -0.05) is 18.9 Å². The number of phenolic OH excluding ortho intramolecular Hbond substituents is 1. The second-order valence-electron chi connectivity index (χ2n) is 6.69. The molecule has 3 aromatic rings. The molecule has 1 aliphatic rings. The number of nitrogens with zero attached hydrogens (tertiary/aromatic N) is 1. The van der Waals surface area contributed by atoms with E-state index in [9.17, 15) is 9.90 Å². The van der Waals surface area contributed by atoms with E-state index in [1.54, 1.807) is 23.5 Å². The second kappa shape index (κ2) is 6.42. The van der Waals surface area contributed by atoms with Crippen LogP contribution in [0.25, 0.3) is 15.9 Å². The third-order valence-corrected chi connectivity index (χ3v) is 6.38. The van der Waals surface area contributed by atoms with Crippen molar-refractivity contribution in [3.63, 3.8) is 0 Å². The fourth-order valence-electron chi connectivity index (χ4n) is 3.62. The molecule has 2 aromatic heterocycles. The zero-order valence-corrected chi connectivity index (χ0v) is 15.7. The van der Waals surface area contributed by atoms with Crippen molar-refractivity contribution in [3.05, 3.63) is 49.3 Å². The van der Waals surface area contributed by atoms with Gasteiger partial charge in [-0.05, 0) is 68.1 Å². The molecule has 130 valence electrons. The quantitative estimate of drug-likeness (QED) is 0.604. The SMILES string of the molecule is Cc1ccc(O)c(-n2c(=S)[nH]c3sc4c(c3c2=O)CCCCCC4)c1. The van der Waals surface area contributed by atoms with Gasteiger partial charge in [0.25, 0.3) is 5.56 Å². The Morgan fingerprint density at radius 3 is 2.76 bits per heavy atom. The summed E-state index contributed by atoms with van der Waals surface area (Å²) in [7, 11) is 0. The summed E-state index contributed by atoms with van der Waals surface area (Å²) in [5.41, 5.74) is 2.46. The van der Waals surface area contributed by atoms with Crippen LogP contribution in [-0.2, 0) is 12.8 Å². The Balaban J connectivity index is 2.04. The van der Waals surface area contributed by atoms with Crippen LogP contribution in [-0.4, -0.2) is 14.7 Å². The van der Waals surface area contributed by atoms with Crippen LogP contribution in [0.3, 0.4) is 0 Å². The fourth-order valence-corrected chi connectivity index (χ4v) is 5.25. The second-order valence-corrected chi connectivity index (χ2v) is 8.18. The van der Waals surface area contributed by atoms with Crippen LogP contribution in [0.15, 0.2) is 23.0 Å². The minimum Gasteiger partial charge on any atom is -0.506 e. The molecule has 6 heteroatoms. The number of aryl methyl sites for hydroxylation is 3. The van der Waals surface area contributed by atoms with Crippen LogP contribution in [0.5, 0.6) is 5.75 Å². The number of aromatic nitrogens is 2. The Bertz CT molecular complexity index is 1080. The number of fused-ring (bicyclic) bond motifs is 3. The van der Waals surface area contributed by atoms with Crippen molar-refractivity contribution in [1.82, 2.24) is 9.55 Å². The molecule has 0 saturated carbocycles. The zero-order valence-electron chi connectivity index (χ0n) is 14.1. The van der Waals surface area contributed by atoms with Crippen molar-refractivity contribution >= 4 is 33.8 Å². The van der Waals surface area contributed by atoms with E-state index in [4.69, 9.17) is 12.2 Å². The first-order chi connectivity index (χ1) is 12.1. The number of hydrogen-bond acceptors (Lipinski definition) is 4. The van der Waals surface area contributed by atoms with Crippen LogP contribution in [0.1, 0.15) is 41.7 Å². The molecule has 0 fully saturated rings. The van der Waals surface area contributed by atoms with Crippen LogP contribution in [0.4, 0.5) is 0 Å². The summed E-state index contributed by atoms with van der Waals surface area (Å²) in [5.74, 6) is 0.0599. The molecule has 0 unspecified atom stereocenters. The normalized spacial score (nSPS) is 14.9. The Morgan fingerprint density at radius 2 is 1.96 bits per heavy atom. The summed E-state index contributed by atoms with van der Waals surface area (Å²) in [6.07, 6.45) is 6.73. The van der Waals surface area contributed by atoms with Gasteiger partial charge in [-0.25, -0.2) is 4.57 Å². The number of nitrogens with one attached hydrogen (secondary N) is 1. The summed E-state index contributed by atoms with van der Waals surface area (Å²) in [6.45, 7) is 1.93. The van der Waals surface area contributed by atoms with Gasteiger partial charge < -0.3 is 10.1 Å². The highest BCUT2D eigenvalue weighted by Crippen LogP contribution is 2.33. The van der Waals surface area contributed by atoms with E-state index in [1.807, 2.05) is 13.0 Å². The Kier molecular flexibility index (Phi) is 4.25. The van der Waals surface area contributed by atoms with Crippen LogP contribution in [0, 0.1) is 11.7 Å². The van der Waals surface area contributed by atoms with E-state index in [-0.39, 0.29) is 11.3 Å². The predicted molar refractivity (Wildman–Crippen MR) is 105 cm³/mol. The highest BCUT2D eigenvalue weighted by Gasteiger charge is 2.20. The summed E-state index contributed by atoms with van der Waals surface area (Å²) in [5, 5.41) is 11.0. The molecule has 0 radical (unpaired) electrons. The first-order valence-electron chi connectivity index (χ1n) is 8.66. The average Bonchev–Trinajstić information content (AvgIpc) is 2.87. The van der Waals surface area contributed by atoms with Crippen LogP contribution in [0.2, 0.25) is 0 Å². The maximum atomic E-state index is 13.3. The third-order valence-electron chi connectivity index (χ3n) is 4.88. The highest BCUT2D eigenvalue weighted by atomic mass is 32.1. The topological polar surface area (TPSA) is 58.0 Å². The van der Waals surface area contributed by atoms with E-state index >= 15 is 0 Å². The standard InChI is InChI=1S/C19H20N2O2S2/c1-11-8-9-14(22)13(10-11)21-18(23)16-12-6-4-2-3-5-7-15(12)25-17(16)20-19(21)24/h8-10,22H,2-7H2,1H3,(H,20,24). The average molecular weight is 373 g/mol. The largest absolute Gasteiger partial charge is 0.506 e. The summed E-state index contributed by atoms with van der Waals surface area (Å²) >= 11 is 7.11. The molecule has 0 amide bonds. The number of hydrogen-bond donors (Lipinski definition) is 2. The molecule has 1 aliphatic carbocycles. The number of rotatable bonds is 1. The minimum atomic E-state index is -0.127. The van der Waals surface area contributed by atoms with Crippen LogP contribution < -0.4 is 5.56 Å². The van der Waals surface area contributed by atoms with E-state index in [2.05, 4.69) is 4.98 Å². The Morgan fingerprint density at radius 1 is 1.20 bits per heavy atom. The molecule has 4 rings (SSSR count). The van der Waals surface area contributed by atoms with E-state index in [0.29, 0.717) is 10.5 Å². The summed E-state index contributed by atoms with van der Waals surface area (Å²) < 4.78 is 1.76. The molecule has 2 heterocycles. The number of phenols is 1. The maximum Gasteiger partial charge on any atom is 0.268 e. The highest BCUT2D eigenvalue weighted by molar-refractivity contribution is 7.71. The molecular weight excluding hydrogens is 352 g/mol.